The van der Waals surface area contributed by atoms with Gasteiger partial charge in [-0.3, -0.25) is 9.36 Å². The third-order valence-electron chi connectivity index (χ3n) is 4.07. The molecule has 23 heavy (non-hydrogen) atoms. The molecule has 0 saturated heterocycles. The summed E-state index contributed by atoms with van der Waals surface area (Å²) in [6, 6.07) is 5.04. The van der Waals surface area contributed by atoms with Crippen LogP contribution in [-0.2, 0) is 7.05 Å². The van der Waals surface area contributed by atoms with E-state index in [0.717, 1.165) is 12.8 Å². The number of aryl methyl sites for hydroxylation is 1. The molecule has 2 rings (SSSR count). The van der Waals surface area contributed by atoms with Gasteiger partial charge in [-0.2, -0.15) is 0 Å². The van der Waals surface area contributed by atoms with Crippen LogP contribution < -0.4 is 11.1 Å². The zero-order chi connectivity index (χ0) is 17.0. The van der Waals surface area contributed by atoms with E-state index in [4.69, 9.17) is 4.42 Å². The van der Waals surface area contributed by atoms with Crippen molar-refractivity contribution in [2.24, 2.45) is 7.05 Å². The molecule has 2 aromatic rings. The van der Waals surface area contributed by atoms with E-state index in [1.807, 2.05) is 13.8 Å². The molecule has 6 heteroatoms. The van der Waals surface area contributed by atoms with Gasteiger partial charge in [0.1, 0.15) is 0 Å². The summed E-state index contributed by atoms with van der Waals surface area (Å²) in [5.74, 6) is -0.857. The van der Waals surface area contributed by atoms with Crippen molar-refractivity contribution in [1.29, 1.82) is 0 Å². The van der Waals surface area contributed by atoms with Crippen LogP contribution in [0.2, 0.25) is 0 Å². The topological polar surface area (TPSA) is 84.5 Å². The molecule has 1 aromatic carbocycles. The van der Waals surface area contributed by atoms with Gasteiger partial charge in [-0.25, -0.2) is 4.79 Å². The van der Waals surface area contributed by atoms with Crippen molar-refractivity contribution in [2.75, 3.05) is 6.54 Å². The van der Waals surface area contributed by atoms with Gasteiger partial charge < -0.3 is 14.8 Å². The lowest BCUT2D eigenvalue weighted by molar-refractivity contribution is 0.0213. The number of oxazole rings is 1. The Balaban J connectivity index is 2.21. The van der Waals surface area contributed by atoms with Gasteiger partial charge in [0.25, 0.3) is 5.91 Å². The second kappa shape index (κ2) is 7.00. The molecule has 126 valence electrons. The first-order valence-corrected chi connectivity index (χ1v) is 8.01. The average Bonchev–Trinajstić information content (AvgIpc) is 2.81. The number of fused-ring (bicyclic) bond motifs is 1. The average molecular weight is 320 g/mol. The molecule has 0 spiro atoms. The first-order chi connectivity index (χ1) is 10.9. The van der Waals surface area contributed by atoms with E-state index < -0.39 is 11.4 Å². The Labute approximate surface area is 135 Å². The molecule has 1 amide bonds. The smallest absolute Gasteiger partial charge is 0.407 e. The first kappa shape index (κ1) is 17.3. The Kier molecular flexibility index (Phi) is 5.26. The van der Waals surface area contributed by atoms with E-state index in [0.29, 0.717) is 23.9 Å². The fraction of sp³-hybridized carbons (Fsp3) is 0.529. The van der Waals surface area contributed by atoms with Gasteiger partial charge in [-0.15, -0.1) is 0 Å². The predicted molar refractivity (Wildman–Crippen MR) is 88.6 cm³/mol. The van der Waals surface area contributed by atoms with Crippen LogP contribution in [0.4, 0.5) is 0 Å². The fourth-order valence-corrected chi connectivity index (χ4v) is 2.90. The van der Waals surface area contributed by atoms with Crippen LogP contribution in [0.25, 0.3) is 11.1 Å². The number of hydrogen-bond donors (Lipinski definition) is 2. The summed E-state index contributed by atoms with van der Waals surface area (Å²) in [6.07, 6.45) is 2.95. The van der Waals surface area contributed by atoms with Gasteiger partial charge in [-0.05, 0) is 25.0 Å². The van der Waals surface area contributed by atoms with Crippen LogP contribution in [0.1, 0.15) is 49.9 Å². The highest BCUT2D eigenvalue weighted by molar-refractivity contribution is 6.04. The van der Waals surface area contributed by atoms with Crippen LogP contribution in [0.15, 0.2) is 27.4 Å². The number of aliphatic hydroxyl groups is 1. The van der Waals surface area contributed by atoms with E-state index >= 15 is 0 Å². The minimum atomic E-state index is -0.898. The molecule has 1 heterocycles. The number of carbonyl (C=O) groups is 1. The maximum atomic E-state index is 12.4. The number of nitrogens with zero attached hydrogens (tertiary/aromatic N) is 1. The molecule has 0 bridgehead atoms. The van der Waals surface area contributed by atoms with E-state index in [1.54, 1.807) is 25.2 Å². The number of aromatic nitrogens is 1. The summed E-state index contributed by atoms with van der Waals surface area (Å²) >= 11 is 0. The highest BCUT2D eigenvalue weighted by atomic mass is 16.4. The zero-order valence-corrected chi connectivity index (χ0v) is 13.9. The molecule has 0 unspecified atom stereocenters. The second-order valence-corrected chi connectivity index (χ2v) is 5.99. The fourth-order valence-electron chi connectivity index (χ4n) is 2.90. The van der Waals surface area contributed by atoms with Crippen LogP contribution in [0, 0.1) is 0 Å². The molecule has 0 aliphatic heterocycles. The van der Waals surface area contributed by atoms with Gasteiger partial charge in [0.15, 0.2) is 5.58 Å². The third kappa shape index (κ3) is 3.64. The van der Waals surface area contributed by atoms with Crippen LogP contribution in [-0.4, -0.2) is 27.7 Å². The van der Waals surface area contributed by atoms with Crippen LogP contribution in [0.5, 0.6) is 0 Å². The van der Waals surface area contributed by atoms with Gasteiger partial charge >= 0.3 is 5.76 Å². The van der Waals surface area contributed by atoms with Crippen LogP contribution in [0.3, 0.4) is 0 Å². The lowest BCUT2D eigenvalue weighted by atomic mass is 9.92. The quantitative estimate of drug-likeness (QED) is 0.819. The Morgan fingerprint density at radius 2 is 1.96 bits per heavy atom. The first-order valence-electron chi connectivity index (χ1n) is 8.01. The standard InChI is InChI=1S/C17H24N2O4/c1-4-9-17(22,10-5-2)11-18-15(20)12-7-6-8-13-14(12)23-16(21)19(13)3/h6-8,22H,4-5,9-11H2,1-3H3,(H,18,20). The molecule has 0 aliphatic carbocycles. The maximum Gasteiger partial charge on any atom is 0.419 e. The predicted octanol–water partition coefficient (Wildman–Crippen LogP) is 2.19. The molecule has 2 N–H and O–H groups in total. The number of nitrogens with one attached hydrogen (secondary N) is 1. The van der Waals surface area contributed by atoms with Crippen molar-refractivity contribution in [3.05, 3.63) is 34.3 Å². The maximum absolute atomic E-state index is 12.4. The number of hydrogen-bond acceptors (Lipinski definition) is 4. The third-order valence-corrected chi connectivity index (χ3v) is 4.07. The van der Waals surface area contributed by atoms with Gasteiger partial charge in [0, 0.05) is 13.6 Å². The number of para-hydroxylation sites is 1. The molecule has 1 aromatic heterocycles. The molecule has 0 aliphatic rings. The summed E-state index contributed by atoms with van der Waals surface area (Å²) in [6.45, 7) is 4.19. The van der Waals surface area contributed by atoms with E-state index in [2.05, 4.69) is 5.32 Å². The minimum Gasteiger partial charge on any atom is -0.407 e. The summed E-state index contributed by atoms with van der Waals surface area (Å²) in [4.78, 5) is 24.1. The molecule has 0 atom stereocenters. The largest absolute Gasteiger partial charge is 0.419 e. The molecular formula is C17H24N2O4. The van der Waals surface area contributed by atoms with E-state index in [1.165, 1.54) is 4.57 Å². The Morgan fingerprint density at radius 1 is 1.30 bits per heavy atom. The second-order valence-electron chi connectivity index (χ2n) is 5.99. The number of benzene rings is 1. The SMILES string of the molecule is CCCC(O)(CCC)CNC(=O)c1cccc2c1oc(=O)n2C. The minimum absolute atomic E-state index is 0.182. The van der Waals surface area contributed by atoms with Crippen LogP contribution >= 0.6 is 0 Å². The van der Waals surface area contributed by atoms with Crippen molar-refractivity contribution in [2.45, 2.75) is 45.1 Å². The highest BCUT2D eigenvalue weighted by Crippen LogP contribution is 2.20. The highest BCUT2D eigenvalue weighted by Gasteiger charge is 2.26. The Hall–Kier alpha value is -2.08. The summed E-state index contributed by atoms with van der Waals surface area (Å²) in [5.41, 5.74) is 0.243. The number of rotatable bonds is 7. The van der Waals surface area contributed by atoms with Gasteiger partial charge in [0.2, 0.25) is 0 Å². The van der Waals surface area contributed by atoms with E-state index in [-0.39, 0.29) is 18.0 Å². The monoisotopic (exact) mass is 320 g/mol. The molecule has 0 radical (unpaired) electrons. The lowest BCUT2D eigenvalue weighted by Gasteiger charge is -2.27. The lowest BCUT2D eigenvalue weighted by Crippen LogP contribution is -2.42. The summed E-state index contributed by atoms with van der Waals surface area (Å²) in [5, 5.41) is 13.3. The Bertz CT molecular complexity index is 739. The van der Waals surface area contributed by atoms with Crippen molar-refractivity contribution in [3.8, 4) is 0 Å². The van der Waals surface area contributed by atoms with Crippen molar-refractivity contribution in [3.63, 3.8) is 0 Å². The van der Waals surface area contributed by atoms with Gasteiger partial charge in [-0.1, -0.05) is 32.8 Å². The molecule has 6 nitrogen and oxygen atoms in total. The van der Waals surface area contributed by atoms with Crippen molar-refractivity contribution < 1.29 is 14.3 Å². The van der Waals surface area contributed by atoms with Crippen molar-refractivity contribution >= 4 is 17.0 Å². The summed E-state index contributed by atoms with van der Waals surface area (Å²) < 4.78 is 6.52. The molecular weight excluding hydrogens is 296 g/mol. The van der Waals surface area contributed by atoms with Gasteiger partial charge in [0.05, 0.1) is 16.7 Å². The molecule has 0 saturated carbocycles. The summed E-state index contributed by atoms with van der Waals surface area (Å²) in [7, 11) is 1.59. The number of amides is 1. The normalized spacial score (nSPS) is 11.8. The van der Waals surface area contributed by atoms with Crippen molar-refractivity contribution in [1.82, 2.24) is 9.88 Å². The zero-order valence-electron chi connectivity index (χ0n) is 13.9. The number of carbonyl (C=O) groups excluding carboxylic acids is 1. The molecule has 0 fully saturated rings. The Morgan fingerprint density at radius 3 is 2.57 bits per heavy atom. The van der Waals surface area contributed by atoms with E-state index in [9.17, 15) is 14.7 Å².